The average Bonchev–Trinajstić information content (AvgIpc) is 3.07. The molecule has 1 saturated heterocycles. The normalized spacial score (nSPS) is 14.6. The zero-order chi connectivity index (χ0) is 24.2. The van der Waals surface area contributed by atoms with E-state index in [4.69, 9.17) is 16.3 Å². The van der Waals surface area contributed by atoms with Crippen LogP contribution in [0.15, 0.2) is 71.6 Å². The van der Waals surface area contributed by atoms with Crippen molar-refractivity contribution in [3.63, 3.8) is 0 Å². The van der Waals surface area contributed by atoms with E-state index in [9.17, 15) is 19.7 Å². The molecule has 0 atom stereocenters. The van der Waals surface area contributed by atoms with Crippen molar-refractivity contribution in [3.05, 3.63) is 107 Å². The van der Waals surface area contributed by atoms with Crippen molar-refractivity contribution in [2.75, 3.05) is 0 Å². The number of carbonyl (C=O) groups excluding carboxylic acids is 2. The molecule has 0 saturated carbocycles. The van der Waals surface area contributed by atoms with Gasteiger partial charge in [0.1, 0.15) is 12.4 Å². The third kappa shape index (κ3) is 5.78. The summed E-state index contributed by atoms with van der Waals surface area (Å²) in [6.45, 7) is 0.447. The van der Waals surface area contributed by atoms with Crippen molar-refractivity contribution < 1.29 is 19.2 Å². The monoisotopic (exact) mass is 606 g/mol. The van der Waals surface area contributed by atoms with Crippen molar-refractivity contribution in [1.29, 1.82) is 0 Å². The van der Waals surface area contributed by atoms with Crippen LogP contribution in [-0.4, -0.2) is 21.0 Å². The summed E-state index contributed by atoms with van der Waals surface area (Å²) >= 11 is 8.94. The molecule has 0 spiro atoms. The Kier molecular flexibility index (Phi) is 7.54. The summed E-state index contributed by atoms with van der Waals surface area (Å²) in [5.41, 5.74) is 2.42. The van der Waals surface area contributed by atoms with Crippen LogP contribution in [0, 0.1) is 13.7 Å². The molecule has 0 aliphatic carbocycles. The molecule has 1 heterocycles. The highest BCUT2D eigenvalue weighted by Crippen LogP contribution is 2.34. The van der Waals surface area contributed by atoms with Crippen molar-refractivity contribution in [2.24, 2.45) is 0 Å². The van der Waals surface area contributed by atoms with E-state index in [1.165, 1.54) is 17.0 Å². The Morgan fingerprint density at radius 2 is 1.71 bits per heavy atom. The Morgan fingerprint density at radius 1 is 1.03 bits per heavy atom. The third-order valence-electron chi connectivity index (χ3n) is 4.92. The molecule has 4 rings (SSSR count). The Labute approximate surface area is 218 Å². The molecule has 0 bridgehead atoms. The fourth-order valence-electron chi connectivity index (χ4n) is 3.16. The van der Waals surface area contributed by atoms with Crippen LogP contribution in [0.5, 0.6) is 5.75 Å². The largest absolute Gasteiger partial charge is 0.488 e. The number of hydrogen-bond acceptors (Lipinski definition) is 6. The minimum absolute atomic E-state index is 0.0280. The second-order valence-electron chi connectivity index (χ2n) is 7.30. The third-order valence-corrected chi connectivity index (χ3v) is 6.93. The van der Waals surface area contributed by atoms with E-state index in [1.54, 1.807) is 54.6 Å². The van der Waals surface area contributed by atoms with E-state index in [0.717, 1.165) is 32.0 Å². The van der Waals surface area contributed by atoms with Crippen LogP contribution in [0.2, 0.25) is 5.02 Å². The van der Waals surface area contributed by atoms with Gasteiger partial charge in [-0.2, -0.15) is 0 Å². The predicted octanol–water partition coefficient (Wildman–Crippen LogP) is 6.67. The number of hydrogen-bond donors (Lipinski definition) is 0. The van der Waals surface area contributed by atoms with Crippen LogP contribution in [0.3, 0.4) is 0 Å². The number of ether oxygens (including phenoxy) is 1. The summed E-state index contributed by atoms with van der Waals surface area (Å²) < 4.78 is 6.66. The van der Waals surface area contributed by atoms with Crippen LogP contribution < -0.4 is 4.74 Å². The fourth-order valence-corrected chi connectivity index (χ4v) is 4.82. The molecule has 1 aliphatic heterocycles. The maximum absolute atomic E-state index is 12.8. The highest BCUT2D eigenvalue weighted by atomic mass is 127. The molecule has 3 aromatic carbocycles. The van der Waals surface area contributed by atoms with Gasteiger partial charge in [-0.1, -0.05) is 29.8 Å². The van der Waals surface area contributed by atoms with Crippen molar-refractivity contribution in [2.45, 2.75) is 13.2 Å². The van der Waals surface area contributed by atoms with Gasteiger partial charge in [0.15, 0.2) is 0 Å². The SMILES string of the molecule is O=C1S/C(=C\c2ccc(OCc3ccc([N+](=O)[O-])cc3)c(I)c2)C(=O)N1Cc1ccc(Cl)cc1. The topological polar surface area (TPSA) is 89.7 Å². The molecular formula is C24H16ClIN2O5S. The summed E-state index contributed by atoms with van der Waals surface area (Å²) in [4.78, 5) is 37.1. The van der Waals surface area contributed by atoms with Crippen molar-refractivity contribution in [3.8, 4) is 5.75 Å². The van der Waals surface area contributed by atoms with E-state index in [1.807, 2.05) is 6.07 Å². The summed E-state index contributed by atoms with van der Waals surface area (Å²) in [6.07, 6.45) is 1.69. The lowest BCUT2D eigenvalue weighted by Crippen LogP contribution is -2.27. The van der Waals surface area contributed by atoms with E-state index < -0.39 is 4.92 Å². The lowest BCUT2D eigenvalue weighted by atomic mass is 10.2. The molecule has 0 aromatic heterocycles. The van der Waals surface area contributed by atoms with Gasteiger partial charge in [0.2, 0.25) is 0 Å². The minimum atomic E-state index is -0.446. The average molecular weight is 607 g/mol. The number of rotatable bonds is 7. The van der Waals surface area contributed by atoms with Crippen LogP contribution in [0.4, 0.5) is 10.5 Å². The second-order valence-corrected chi connectivity index (χ2v) is 9.89. The number of amides is 2. The van der Waals surface area contributed by atoms with Gasteiger partial charge in [0.05, 0.1) is 19.9 Å². The quantitative estimate of drug-likeness (QED) is 0.129. The van der Waals surface area contributed by atoms with Crippen molar-refractivity contribution in [1.82, 2.24) is 4.90 Å². The van der Waals surface area contributed by atoms with Crippen LogP contribution in [0.25, 0.3) is 6.08 Å². The van der Waals surface area contributed by atoms with Crippen LogP contribution in [-0.2, 0) is 17.9 Å². The molecule has 0 N–H and O–H groups in total. The molecule has 3 aromatic rings. The number of thioether (sulfide) groups is 1. The molecule has 172 valence electrons. The fraction of sp³-hybridized carbons (Fsp3) is 0.0833. The summed E-state index contributed by atoms with van der Waals surface area (Å²) in [7, 11) is 0. The second kappa shape index (κ2) is 10.6. The number of halogens is 2. The molecule has 10 heteroatoms. The van der Waals surface area contributed by atoms with Gasteiger partial charge in [0, 0.05) is 17.2 Å². The smallest absolute Gasteiger partial charge is 0.293 e. The standard InChI is InChI=1S/C24H16ClIN2O5S/c25-18-6-1-15(2-7-18)13-27-23(29)22(34-24(27)30)12-17-5-10-21(20(26)11-17)33-14-16-3-8-19(9-4-16)28(31)32/h1-12H,13-14H2/b22-12-. The van der Waals surface area contributed by atoms with Gasteiger partial charge in [-0.25, -0.2) is 0 Å². The molecule has 2 amide bonds. The number of nitro groups is 1. The van der Waals surface area contributed by atoms with Gasteiger partial charge in [-0.15, -0.1) is 0 Å². The predicted molar refractivity (Wildman–Crippen MR) is 140 cm³/mol. The van der Waals surface area contributed by atoms with Gasteiger partial charge in [-0.05, 0) is 93.5 Å². The first-order valence-electron chi connectivity index (χ1n) is 9.95. The first-order valence-corrected chi connectivity index (χ1v) is 12.2. The van der Waals surface area contributed by atoms with Gasteiger partial charge in [0.25, 0.3) is 16.8 Å². The first kappa shape index (κ1) is 24.2. The first-order chi connectivity index (χ1) is 16.3. The van der Waals surface area contributed by atoms with Gasteiger partial charge in [-0.3, -0.25) is 24.6 Å². The lowest BCUT2D eigenvalue weighted by Gasteiger charge is -2.12. The number of imide groups is 1. The Hall–Kier alpha value is -2.89. The van der Waals surface area contributed by atoms with E-state index in [-0.39, 0.29) is 30.0 Å². The molecule has 0 unspecified atom stereocenters. The van der Waals surface area contributed by atoms with Gasteiger partial charge >= 0.3 is 0 Å². The van der Waals surface area contributed by atoms with Crippen LogP contribution in [0.1, 0.15) is 16.7 Å². The minimum Gasteiger partial charge on any atom is -0.488 e. The number of nitro benzene ring substituents is 1. The zero-order valence-corrected chi connectivity index (χ0v) is 21.2. The molecule has 0 radical (unpaired) electrons. The molecule has 34 heavy (non-hydrogen) atoms. The lowest BCUT2D eigenvalue weighted by molar-refractivity contribution is -0.384. The van der Waals surface area contributed by atoms with E-state index >= 15 is 0 Å². The maximum Gasteiger partial charge on any atom is 0.293 e. The maximum atomic E-state index is 12.8. The molecule has 1 fully saturated rings. The number of carbonyl (C=O) groups is 2. The molecular weight excluding hydrogens is 591 g/mol. The molecule has 7 nitrogen and oxygen atoms in total. The number of benzene rings is 3. The van der Waals surface area contributed by atoms with E-state index in [2.05, 4.69) is 22.6 Å². The Bertz CT molecular complexity index is 1300. The highest BCUT2D eigenvalue weighted by molar-refractivity contribution is 14.1. The number of nitrogens with zero attached hydrogens (tertiary/aromatic N) is 2. The van der Waals surface area contributed by atoms with Crippen molar-refractivity contribution >= 4 is 68.9 Å². The Morgan fingerprint density at radius 3 is 2.35 bits per heavy atom. The number of non-ortho nitro benzene ring substituents is 1. The summed E-state index contributed by atoms with van der Waals surface area (Å²) in [5.74, 6) is 0.311. The van der Waals surface area contributed by atoms with Crippen LogP contribution >= 0.6 is 46.0 Å². The summed E-state index contributed by atoms with van der Waals surface area (Å²) in [5, 5.41) is 11.0. The Balaban J connectivity index is 1.42. The highest BCUT2D eigenvalue weighted by Gasteiger charge is 2.35. The van der Waals surface area contributed by atoms with E-state index in [0.29, 0.717) is 15.7 Å². The molecule has 1 aliphatic rings. The van der Waals surface area contributed by atoms with Gasteiger partial charge < -0.3 is 4.74 Å². The zero-order valence-electron chi connectivity index (χ0n) is 17.4. The summed E-state index contributed by atoms with van der Waals surface area (Å²) in [6, 6.07) is 18.6.